The van der Waals surface area contributed by atoms with Gasteiger partial charge in [-0.25, -0.2) is 0 Å². The Labute approximate surface area is 200 Å². The molecule has 0 bridgehead atoms. The van der Waals surface area contributed by atoms with E-state index in [9.17, 15) is 0 Å². The summed E-state index contributed by atoms with van der Waals surface area (Å²) in [4.78, 5) is 8.23. The molecule has 0 atom stereocenters. The summed E-state index contributed by atoms with van der Waals surface area (Å²) in [6, 6.07) is 16.8. The zero-order valence-electron chi connectivity index (χ0n) is 19.8. The SMILES string of the molecule is Cc1cc2c(C#Cc3ccncc3)c3cc(C)c(C)cc3c(C#Cc3ccncc3)c2cc1C. The fraction of sp³-hybridized carbons (Fsp3) is 0.125. The summed E-state index contributed by atoms with van der Waals surface area (Å²) in [6.45, 7) is 8.62. The standard InChI is InChI=1S/C32H24N2/c1-21-17-29-27(7-5-25-9-13-33-14-10-25)31-19-23(3)24(4)20-32(31)28(30(29)18-22(21)2)8-6-26-11-15-34-16-12-26/h9-20H,1-4H3. The number of rotatable bonds is 0. The lowest BCUT2D eigenvalue weighted by atomic mass is 9.88. The summed E-state index contributed by atoms with van der Waals surface area (Å²) in [6.07, 6.45) is 7.11. The molecule has 34 heavy (non-hydrogen) atoms. The van der Waals surface area contributed by atoms with Crippen LogP contribution in [-0.2, 0) is 0 Å². The minimum Gasteiger partial charge on any atom is -0.265 e. The molecule has 0 saturated carbocycles. The molecule has 162 valence electrons. The quantitative estimate of drug-likeness (QED) is 0.197. The van der Waals surface area contributed by atoms with Gasteiger partial charge >= 0.3 is 0 Å². The molecule has 0 aliphatic rings. The second-order valence-corrected chi connectivity index (χ2v) is 8.69. The molecule has 0 amide bonds. The highest BCUT2D eigenvalue weighted by atomic mass is 14.6. The molecule has 5 rings (SSSR count). The Hall–Kier alpha value is -4.40. The minimum atomic E-state index is 0.950. The molecule has 0 aliphatic heterocycles. The first-order chi connectivity index (χ1) is 16.5. The van der Waals surface area contributed by atoms with Crippen molar-refractivity contribution in [1.82, 2.24) is 9.97 Å². The first-order valence-corrected chi connectivity index (χ1v) is 11.3. The van der Waals surface area contributed by atoms with Crippen LogP contribution in [0.25, 0.3) is 21.5 Å². The van der Waals surface area contributed by atoms with E-state index in [0.717, 1.165) is 43.8 Å². The van der Waals surface area contributed by atoms with Crippen molar-refractivity contribution in [2.75, 3.05) is 0 Å². The Morgan fingerprint density at radius 3 is 1.03 bits per heavy atom. The first kappa shape index (κ1) is 21.4. The average Bonchev–Trinajstić information content (AvgIpc) is 2.85. The highest BCUT2D eigenvalue weighted by Gasteiger charge is 2.14. The molecule has 2 aromatic heterocycles. The molecular formula is C32H24N2. The number of hydrogen-bond acceptors (Lipinski definition) is 2. The van der Waals surface area contributed by atoms with Gasteiger partial charge in [-0.1, -0.05) is 23.7 Å². The molecule has 0 fully saturated rings. The highest BCUT2D eigenvalue weighted by molar-refractivity contribution is 6.10. The van der Waals surface area contributed by atoms with Crippen LogP contribution in [-0.4, -0.2) is 9.97 Å². The number of hydrogen-bond donors (Lipinski definition) is 0. The summed E-state index contributed by atoms with van der Waals surface area (Å²) in [5.41, 5.74) is 8.97. The van der Waals surface area contributed by atoms with Gasteiger partial charge in [0.1, 0.15) is 0 Å². The van der Waals surface area contributed by atoms with Crippen LogP contribution < -0.4 is 0 Å². The van der Waals surface area contributed by atoms with Gasteiger partial charge < -0.3 is 0 Å². The molecule has 2 nitrogen and oxygen atoms in total. The third-order valence-electron chi connectivity index (χ3n) is 6.37. The molecule has 0 saturated heterocycles. The van der Waals surface area contributed by atoms with Gasteiger partial charge in [-0.3, -0.25) is 9.97 Å². The third kappa shape index (κ3) is 4.03. The third-order valence-corrected chi connectivity index (χ3v) is 6.37. The summed E-state index contributed by atoms with van der Waals surface area (Å²) in [5, 5.41) is 4.55. The fourth-order valence-electron chi connectivity index (χ4n) is 4.16. The monoisotopic (exact) mass is 436 g/mol. The molecule has 2 heteroatoms. The van der Waals surface area contributed by atoms with Crippen molar-refractivity contribution in [2.24, 2.45) is 0 Å². The van der Waals surface area contributed by atoms with Crippen LogP contribution in [0.3, 0.4) is 0 Å². The van der Waals surface area contributed by atoms with Gasteiger partial charge in [0, 0.05) is 47.0 Å². The van der Waals surface area contributed by atoms with Crippen molar-refractivity contribution in [3.63, 3.8) is 0 Å². The van der Waals surface area contributed by atoms with Gasteiger partial charge in [0.2, 0.25) is 0 Å². The van der Waals surface area contributed by atoms with E-state index in [1.54, 1.807) is 24.8 Å². The predicted molar refractivity (Wildman–Crippen MR) is 141 cm³/mol. The number of fused-ring (bicyclic) bond motifs is 2. The Morgan fingerprint density at radius 2 is 0.735 bits per heavy atom. The van der Waals surface area contributed by atoms with Crippen LogP contribution in [0.15, 0.2) is 73.3 Å². The second kappa shape index (κ2) is 8.86. The van der Waals surface area contributed by atoms with Gasteiger partial charge in [0.05, 0.1) is 0 Å². The van der Waals surface area contributed by atoms with E-state index in [4.69, 9.17) is 0 Å². The van der Waals surface area contributed by atoms with E-state index in [2.05, 4.69) is 85.6 Å². The van der Waals surface area contributed by atoms with Crippen molar-refractivity contribution < 1.29 is 0 Å². The predicted octanol–water partition coefficient (Wildman–Crippen LogP) is 6.82. The first-order valence-electron chi connectivity index (χ1n) is 11.3. The maximum Gasteiger partial charge on any atom is 0.0407 e. The molecule has 0 N–H and O–H groups in total. The van der Waals surface area contributed by atoms with Gasteiger partial charge in [-0.2, -0.15) is 0 Å². The smallest absolute Gasteiger partial charge is 0.0407 e. The molecular weight excluding hydrogens is 412 g/mol. The maximum atomic E-state index is 4.11. The summed E-state index contributed by atoms with van der Waals surface area (Å²) in [5.74, 6) is 13.7. The number of aromatic nitrogens is 2. The van der Waals surface area contributed by atoms with E-state index in [0.29, 0.717) is 0 Å². The lowest BCUT2D eigenvalue weighted by molar-refractivity contribution is 1.32. The highest BCUT2D eigenvalue weighted by Crippen LogP contribution is 2.35. The van der Waals surface area contributed by atoms with Crippen LogP contribution in [0.5, 0.6) is 0 Å². The van der Waals surface area contributed by atoms with Crippen molar-refractivity contribution in [2.45, 2.75) is 27.7 Å². The van der Waals surface area contributed by atoms with Crippen LogP contribution in [0.1, 0.15) is 44.5 Å². The Balaban J connectivity index is 1.90. The van der Waals surface area contributed by atoms with Gasteiger partial charge in [-0.15, -0.1) is 0 Å². The lowest BCUT2D eigenvalue weighted by Gasteiger charge is -2.15. The van der Waals surface area contributed by atoms with Crippen LogP contribution in [0, 0.1) is 51.4 Å². The normalized spacial score (nSPS) is 10.5. The molecule has 0 aliphatic carbocycles. The molecule has 5 aromatic rings. The molecule has 3 aromatic carbocycles. The number of pyridine rings is 2. The van der Waals surface area contributed by atoms with Crippen molar-refractivity contribution in [3.05, 3.63) is 118 Å². The number of benzene rings is 3. The number of aryl methyl sites for hydroxylation is 4. The average molecular weight is 437 g/mol. The number of nitrogens with zero attached hydrogens (tertiary/aromatic N) is 2. The largest absolute Gasteiger partial charge is 0.265 e. The summed E-state index contributed by atoms with van der Waals surface area (Å²) < 4.78 is 0. The summed E-state index contributed by atoms with van der Waals surface area (Å²) >= 11 is 0. The van der Waals surface area contributed by atoms with E-state index < -0.39 is 0 Å². The fourth-order valence-corrected chi connectivity index (χ4v) is 4.16. The van der Waals surface area contributed by atoms with Gasteiger partial charge in [0.15, 0.2) is 0 Å². The van der Waals surface area contributed by atoms with E-state index in [1.807, 2.05) is 24.3 Å². The maximum absolute atomic E-state index is 4.11. The molecule has 0 spiro atoms. The van der Waals surface area contributed by atoms with Crippen molar-refractivity contribution in [3.8, 4) is 23.7 Å². The van der Waals surface area contributed by atoms with Gasteiger partial charge in [-0.05, 0) is 120 Å². The topological polar surface area (TPSA) is 25.8 Å². The minimum absolute atomic E-state index is 0.950. The lowest BCUT2D eigenvalue weighted by Crippen LogP contribution is -1.95. The van der Waals surface area contributed by atoms with Crippen LogP contribution >= 0.6 is 0 Å². The van der Waals surface area contributed by atoms with Crippen LogP contribution in [0.2, 0.25) is 0 Å². The zero-order chi connectivity index (χ0) is 23.7. The van der Waals surface area contributed by atoms with E-state index >= 15 is 0 Å². The Morgan fingerprint density at radius 1 is 0.441 bits per heavy atom. The van der Waals surface area contributed by atoms with Crippen molar-refractivity contribution in [1.29, 1.82) is 0 Å². The molecule has 0 radical (unpaired) electrons. The van der Waals surface area contributed by atoms with E-state index in [-0.39, 0.29) is 0 Å². The molecule has 2 heterocycles. The second-order valence-electron chi connectivity index (χ2n) is 8.69. The zero-order valence-corrected chi connectivity index (χ0v) is 19.8. The van der Waals surface area contributed by atoms with Gasteiger partial charge in [0.25, 0.3) is 0 Å². The van der Waals surface area contributed by atoms with Crippen LogP contribution in [0.4, 0.5) is 0 Å². The van der Waals surface area contributed by atoms with Crippen molar-refractivity contribution >= 4 is 21.5 Å². The van der Waals surface area contributed by atoms with E-state index in [1.165, 1.54) is 22.3 Å². The summed E-state index contributed by atoms with van der Waals surface area (Å²) in [7, 11) is 0. The Bertz CT molecular complexity index is 1480. The Kier molecular flexibility index (Phi) is 5.59. The molecule has 0 unspecified atom stereocenters.